The Hall–Kier alpha value is -4.86. The second-order valence-corrected chi connectivity index (χ2v) is 9.67. The van der Waals surface area contributed by atoms with Gasteiger partial charge in [0, 0.05) is 47.9 Å². The topological polar surface area (TPSA) is 137 Å². The molecule has 1 N–H and O–H groups in total. The Morgan fingerprint density at radius 2 is 1.95 bits per heavy atom. The van der Waals surface area contributed by atoms with Gasteiger partial charge in [-0.25, -0.2) is 9.78 Å². The van der Waals surface area contributed by atoms with E-state index in [2.05, 4.69) is 9.98 Å². The van der Waals surface area contributed by atoms with Gasteiger partial charge in [-0.1, -0.05) is 48.6 Å². The molecule has 2 unspecified atom stereocenters. The fourth-order valence-corrected chi connectivity index (χ4v) is 5.51. The quantitative estimate of drug-likeness (QED) is 0.211. The smallest absolute Gasteiger partial charge is 0.336 e. The number of aromatic nitrogens is 2. The monoisotopic (exact) mass is 542 g/mol. The third-order valence-corrected chi connectivity index (χ3v) is 7.19. The van der Waals surface area contributed by atoms with E-state index in [0.717, 1.165) is 11.1 Å². The zero-order chi connectivity index (χ0) is 28.9. The van der Waals surface area contributed by atoms with Gasteiger partial charge in [-0.15, -0.1) is 0 Å². The summed E-state index contributed by atoms with van der Waals surface area (Å²) in [4.78, 5) is 45.4. The molecule has 0 fully saturated rings. The van der Waals surface area contributed by atoms with Gasteiger partial charge in [0.1, 0.15) is 5.92 Å². The number of rotatable bonds is 10. The van der Waals surface area contributed by atoms with Crippen LogP contribution in [0.15, 0.2) is 89.6 Å². The summed E-state index contributed by atoms with van der Waals surface area (Å²) in [7, 11) is 1.22. The molecule has 0 bridgehead atoms. The maximum atomic E-state index is 13.2. The summed E-state index contributed by atoms with van der Waals surface area (Å²) < 4.78 is 7.06. The number of carbonyl (C=O) groups excluding carboxylic acids is 1. The second kappa shape index (κ2) is 11.9. The molecule has 206 valence electrons. The molecule has 2 heterocycles. The number of hydrogen-bond acceptors (Lipinski definition) is 7. The number of nitrogens with zero attached hydrogens (tertiary/aromatic N) is 4. The SMILES string of the molecule is COC(=O)C1=C(C)N=C(C)C(C(=O)O)C1(CCC=Cc1ccc(Cn2ccnc2)cc1)c1cccc([N+](=O)[O-])c1. The van der Waals surface area contributed by atoms with E-state index in [9.17, 15) is 24.8 Å². The third-order valence-electron chi connectivity index (χ3n) is 7.19. The number of carboxylic acids is 1. The van der Waals surface area contributed by atoms with Crippen molar-refractivity contribution in [2.45, 2.75) is 38.6 Å². The Balaban J connectivity index is 1.71. The highest BCUT2D eigenvalue weighted by Crippen LogP contribution is 2.49. The molecule has 0 aliphatic carbocycles. The number of non-ortho nitro benzene ring substituents is 1. The largest absolute Gasteiger partial charge is 0.481 e. The van der Waals surface area contributed by atoms with Gasteiger partial charge in [-0.05, 0) is 43.4 Å². The molecule has 1 aliphatic rings. The van der Waals surface area contributed by atoms with Crippen molar-refractivity contribution in [3.63, 3.8) is 0 Å². The fourth-order valence-electron chi connectivity index (χ4n) is 5.51. The number of hydrogen-bond donors (Lipinski definition) is 1. The molecule has 40 heavy (non-hydrogen) atoms. The summed E-state index contributed by atoms with van der Waals surface area (Å²) in [5, 5.41) is 22.0. The molecule has 3 aromatic rings. The zero-order valence-corrected chi connectivity index (χ0v) is 22.5. The lowest BCUT2D eigenvalue weighted by atomic mass is 9.59. The minimum atomic E-state index is -1.44. The lowest BCUT2D eigenvalue weighted by molar-refractivity contribution is -0.385. The average molecular weight is 543 g/mol. The first-order valence-electron chi connectivity index (χ1n) is 12.7. The van der Waals surface area contributed by atoms with Crippen molar-refractivity contribution in [3.05, 3.63) is 111 Å². The van der Waals surface area contributed by atoms with Crippen molar-refractivity contribution in [2.24, 2.45) is 10.9 Å². The van der Waals surface area contributed by atoms with Gasteiger partial charge < -0.3 is 14.4 Å². The van der Waals surface area contributed by atoms with Crippen LogP contribution >= 0.6 is 0 Å². The van der Waals surface area contributed by atoms with Crippen molar-refractivity contribution in [2.75, 3.05) is 7.11 Å². The Kier molecular flexibility index (Phi) is 8.37. The first-order chi connectivity index (χ1) is 19.2. The number of carbonyl (C=O) groups is 2. The second-order valence-electron chi connectivity index (χ2n) is 9.67. The van der Waals surface area contributed by atoms with E-state index in [1.807, 2.05) is 47.2 Å². The number of esters is 1. The standard InChI is InChI=1S/C30H30N4O6/c1-20-26(28(35)36)30(27(21(2)32-20)29(37)40-3,24-8-6-9-25(17-24)34(38)39)14-5-4-7-22-10-12-23(13-11-22)18-33-16-15-31-19-33/h4,6-13,15-17,19,26H,5,14,18H2,1-3H3,(H,35,36). The van der Waals surface area contributed by atoms with Gasteiger partial charge in [0.05, 0.1) is 23.9 Å². The van der Waals surface area contributed by atoms with Gasteiger partial charge >= 0.3 is 11.9 Å². The highest BCUT2D eigenvalue weighted by atomic mass is 16.6. The van der Waals surface area contributed by atoms with Crippen LogP contribution in [-0.2, 0) is 26.3 Å². The van der Waals surface area contributed by atoms with Crippen LogP contribution in [-0.4, -0.2) is 44.3 Å². The number of imidazole rings is 1. The van der Waals surface area contributed by atoms with Crippen molar-refractivity contribution in [1.82, 2.24) is 9.55 Å². The molecule has 2 aromatic carbocycles. The van der Waals surface area contributed by atoms with Crippen LogP contribution in [0.25, 0.3) is 6.08 Å². The predicted molar refractivity (Wildman–Crippen MR) is 150 cm³/mol. The van der Waals surface area contributed by atoms with Crippen molar-refractivity contribution < 1.29 is 24.4 Å². The number of ether oxygens (including phenoxy) is 1. The summed E-state index contributed by atoms with van der Waals surface area (Å²) in [6.45, 7) is 3.93. The van der Waals surface area contributed by atoms with E-state index in [-0.39, 0.29) is 17.7 Å². The molecule has 10 heteroatoms. The van der Waals surface area contributed by atoms with Gasteiger partial charge in [0.2, 0.25) is 0 Å². The summed E-state index contributed by atoms with van der Waals surface area (Å²) >= 11 is 0. The molecule has 2 atom stereocenters. The van der Waals surface area contributed by atoms with E-state index in [1.54, 1.807) is 32.4 Å². The van der Waals surface area contributed by atoms with Crippen molar-refractivity contribution >= 4 is 29.4 Å². The van der Waals surface area contributed by atoms with Crippen LogP contribution < -0.4 is 0 Å². The Morgan fingerprint density at radius 1 is 1.20 bits per heavy atom. The molecular formula is C30H30N4O6. The van der Waals surface area contributed by atoms with Crippen LogP contribution in [0.3, 0.4) is 0 Å². The number of aliphatic imine (C=N–C) groups is 1. The van der Waals surface area contributed by atoms with E-state index in [0.29, 0.717) is 29.9 Å². The summed E-state index contributed by atoms with van der Waals surface area (Å²) in [6.07, 6.45) is 9.77. The number of nitro benzene ring substituents is 1. The third kappa shape index (κ3) is 5.61. The number of methoxy groups -OCH3 is 1. The van der Waals surface area contributed by atoms with Gasteiger partial charge in [0.15, 0.2) is 0 Å². The maximum Gasteiger partial charge on any atom is 0.336 e. The van der Waals surface area contributed by atoms with Crippen LogP contribution in [0.4, 0.5) is 5.69 Å². The number of nitro groups is 1. The van der Waals surface area contributed by atoms with Crippen LogP contribution in [0, 0.1) is 16.0 Å². The molecular weight excluding hydrogens is 512 g/mol. The molecule has 0 spiro atoms. The number of benzene rings is 2. The Bertz CT molecular complexity index is 1510. The van der Waals surface area contributed by atoms with E-state index in [1.165, 1.54) is 25.3 Å². The Labute approximate surface area is 231 Å². The summed E-state index contributed by atoms with van der Waals surface area (Å²) in [6, 6.07) is 13.8. The molecule has 0 saturated heterocycles. The highest BCUT2D eigenvalue weighted by molar-refractivity contribution is 6.08. The van der Waals surface area contributed by atoms with Crippen LogP contribution in [0.5, 0.6) is 0 Å². The number of aliphatic carboxylic acids is 1. The lowest BCUT2D eigenvalue weighted by Crippen LogP contribution is -2.49. The minimum absolute atomic E-state index is 0.0887. The van der Waals surface area contributed by atoms with Crippen molar-refractivity contribution in [3.8, 4) is 0 Å². The lowest BCUT2D eigenvalue weighted by Gasteiger charge is -2.43. The number of allylic oxidation sites excluding steroid dienone is 2. The van der Waals surface area contributed by atoms with E-state index >= 15 is 0 Å². The molecule has 1 aromatic heterocycles. The minimum Gasteiger partial charge on any atom is -0.481 e. The van der Waals surface area contributed by atoms with Crippen LogP contribution in [0.2, 0.25) is 0 Å². The average Bonchev–Trinajstić information content (AvgIpc) is 3.44. The van der Waals surface area contributed by atoms with Gasteiger partial charge in [-0.3, -0.25) is 19.9 Å². The maximum absolute atomic E-state index is 13.2. The number of carboxylic acid groups (broad SMARTS) is 1. The summed E-state index contributed by atoms with van der Waals surface area (Å²) in [5.74, 6) is -3.13. The molecule has 0 radical (unpaired) electrons. The molecule has 10 nitrogen and oxygen atoms in total. The van der Waals surface area contributed by atoms with E-state index < -0.39 is 28.2 Å². The highest BCUT2D eigenvalue weighted by Gasteiger charge is 2.54. The predicted octanol–water partition coefficient (Wildman–Crippen LogP) is 5.19. The summed E-state index contributed by atoms with van der Waals surface area (Å²) in [5.41, 5.74) is 1.49. The molecule has 1 aliphatic heterocycles. The molecule has 0 saturated carbocycles. The molecule has 0 amide bonds. The normalized spacial score (nSPS) is 19.0. The van der Waals surface area contributed by atoms with E-state index in [4.69, 9.17) is 4.74 Å². The zero-order valence-electron chi connectivity index (χ0n) is 22.5. The first kappa shape index (κ1) is 28.2. The van der Waals surface area contributed by atoms with Gasteiger partial charge in [0.25, 0.3) is 5.69 Å². The fraction of sp³-hybridized carbons (Fsp3) is 0.267. The first-order valence-corrected chi connectivity index (χ1v) is 12.7. The van der Waals surface area contributed by atoms with Crippen molar-refractivity contribution in [1.29, 1.82) is 0 Å². The Morgan fingerprint density at radius 3 is 2.58 bits per heavy atom. The molecule has 4 rings (SSSR count). The van der Waals surface area contributed by atoms with Gasteiger partial charge in [-0.2, -0.15) is 0 Å². The van der Waals surface area contributed by atoms with Crippen LogP contribution in [0.1, 0.15) is 43.4 Å².